The van der Waals surface area contributed by atoms with Gasteiger partial charge in [-0.2, -0.15) is 0 Å². The van der Waals surface area contributed by atoms with Gasteiger partial charge in [0.2, 0.25) is 5.91 Å². The molecular weight excluding hydrogens is 366 g/mol. The standard InChI is InChI=1S/C19H27N3O4S/c1-3-4-14(16(23)21-8-5-15-13(11-21)6-10-27-15)20-18(26)22-9-7-19(2,12-22)17(24)25/h6,10,14H,3-5,7-9,11-12H2,1-2H3,(H,20,26)(H,24,25). The van der Waals surface area contributed by atoms with E-state index in [0.29, 0.717) is 32.5 Å². The predicted molar refractivity (Wildman–Crippen MR) is 103 cm³/mol. The Balaban J connectivity index is 1.63. The van der Waals surface area contributed by atoms with E-state index >= 15 is 0 Å². The molecule has 8 heteroatoms. The van der Waals surface area contributed by atoms with Crippen molar-refractivity contribution in [2.75, 3.05) is 19.6 Å². The summed E-state index contributed by atoms with van der Waals surface area (Å²) in [5.74, 6) is -0.943. The summed E-state index contributed by atoms with van der Waals surface area (Å²) >= 11 is 1.72. The number of hydrogen-bond acceptors (Lipinski definition) is 4. The Hall–Kier alpha value is -2.09. The SMILES string of the molecule is CCCC(NC(=O)N1CCC(C)(C(=O)O)C1)C(=O)N1CCc2sccc2C1. The highest BCUT2D eigenvalue weighted by Crippen LogP contribution is 2.30. The largest absolute Gasteiger partial charge is 0.481 e. The Kier molecular flexibility index (Phi) is 5.74. The van der Waals surface area contributed by atoms with Gasteiger partial charge < -0.3 is 20.2 Å². The number of thiophene rings is 1. The first-order valence-corrected chi connectivity index (χ1v) is 10.3. The van der Waals surface area contributed by atoms with E-state index in [2.05, 4.69) is 16.8 Å². The van der Waals surface area contributed by atoms with Gasteiger partial charge in [0.25, 0.3) is 0 Å². The predicted octanol–water partition coefficient (Wildman–Crippen LogP) is 2.31. The smallest absolute Gasteiger partial charge is 0.318 e. The van der Waals surface area contributed by atoms with E-state index in [1.807, 2.05) is 11.8 Å². The summed E-state index contributed by atoms with van der Waals surface area (Å²) in [5.41, 5.74) is 0.280. The fourth-order valence-electron chi connectivity index (χ4n) is 3.75. The summed E-state index contributed by atoms with van der Waals surface area (Å²) in [5, 5.41) is 14.2. The number of carbonyl (C=O) groups excluding carboxylic acids is 2. The summed E-state index contributed by atoms with van der Waals surface area (Å²) in [4.78, 5) is 41.7. The molecule has 1 fully saturated rings. The van der Waals surface area contributed by atoms with Crippen molar-refractivity contribution >= 4 is 29.2 Å². The van der Waals surface area contributed by atoms with Gasteiger partial charge in [-0.1, -0.05) is 13.3 Å². The van der Waals surface area contributed by atoms with Crippen molar-refractivity contribution in [2.24, 2.45) is 5.41 Å². The second kappa shape index (κ2) is 7.88. The van der Waals surface area contributed by atoms with Crippen LogP contribution in [0.4, 0.5) is 4.79 Å². The topological polar surface area (TPSA) is 90.0 Å². The van der Waals surface area contributed by atoms with Crippen molar-refractivity contribution in [1.82, 2.24) is 15.1 Å². The third kappa shape index (κ3) is 4.10. The molecule has 0 aliphatic carbocycles. The average molecular weight is 394 g/mol. The molecule has 2 unspecified atom stereocenters. The van der Waals surface area contributed by atoms with Gasteiger partial charge in [-0.15, -0.1) is 11.3 Å². The molecule has 148 valence electrons. The van der Waals surface area contributed by atoms with E-state index in [4.69, 9.17) is 0 Å². The molecular formula is C19H27N3O4S. The number of urea groups is 1. The quantitative estimate of drug-likeness (QED) is 0.803. The summed E-state index contributed by atoms with van der Waals surface area (Å²) in [6.07, 6.45) is 2.63. The lowest BCUT2D eigenvalue weighted by Crippen LogP contribution is -2.52. The number of fused-ring (bicyclic) bond motifs is 1. The number of carbonyl (C=O) groups is 3. The van der Waals surface area contributed by atoms with Gasteiger partial charge in [-0.05, 0) is 43.2 Å². The maximum Gasteiger partial charge on any atom is 0.318 e. The molecule has 0 aromatic carbocycles. The molecule has 7 nitrogen and oxygen atoms in total. The molecule has 0 spiro atoms. The van der Waals surface area contributed by atoms with Crippen LogP contribution in [0.25, 0.3) is 0 Å². The van der Waals surface area contributed by atoms with Gasteiger partial charge in [0, 0.05) is 31.1 Å². The normalized spacial score (nSPS) is 23.0. The first-order chi connectivity index (χ1) is 12.8. The number of nitrogens with zero attached hydrogens (tertiary/aromatic N) is 2. The van der Waals surface area contributed by atoms with Gasteiger partial charge in [-0.25, -0.2) is 4.79 Å². The number of carboxylic acids is 1. The van der Waals surface area contributed by atoms with Crippen molar-refractivity contribution in [3.05, 3.63) is 21.9 Å². The highest BCUT2D eigenvalue weighted by Gasteiger charge is 2.42. The van der Waals surface area contributed by atoms with Crippen molar-refractivity contribution < 1.29 is 19.5 Å². The molecule has 2 aliphatic rings. The van der Waals surface area contributed by atoms with Gasteiger partial charge in [0.15, 0.2) is 0 Å². The molecule has 3 amide bonds. The third-order valence-electron chi connectivity index (χ3n) is 5.57. The number of hydrogen-bond donors (Lipinski definition) is 2. The van der Waals surface area contributed by atoms with Crippen molar-refractivity contribution in [3.8, 4) is 0 Å². The van der Waals surface area contributed by atoms with Crippen LogP contribution in [0.1, 0.15) is 43.6 Å². The van der Waals surface area contributed by atoms with Gasteiger partial charge in [0.1, 0.15) is 6.04 Å². The second-order valence-corrected chi connectivity index (χ2v) is 8.71. The second-order valence-electron chi connectivity index (χ2n) is 7.71. The number of amides is 3. The third-order valence-corrected chi connectivity index (χ3v) is 6.59. The molecule has 0 radical (unpaired) electrons. The Morgan fingerprint density at radius 3 is 2.78 bits per heavy atom. The molecule has 3 rings (SSSR count). The summed E-state index contributed by atoms with van der Waals surface area (Å²) in [6.45, 7) is 5.46. The minimum Gasteiger partial charge on any atom is -0.481 e. The van der Waals surface area contributed by atoms with Crippen LogP contribution in [0, 0.1) is 5.41 Å². The molecule has 1 aromatic heterocycles. The van der Waals surface area contributed by atoms with Crippen molar-refractivity contribution in [1.29, 1.82) is 0 Å². The number of nitrogens with one attached hydrogen (secondary N) is 1. The first kappa shape index (κ1) is 19.7. The molecule has 1 aromatic rings. The minimum atomic E-state index is -0.913. The summed E-state index contributed by atoms with van der Waals surface area (Å²) in [7, 11) is 0. The Morgan fingerprint density at radius 2 is 2.11 bits per heavy atom. The van der Waals surface area contributed by atoms with Crippen LogP contribution in [0.5, 0.6) is 0 Å². The van der Waals surface area contributed by atoms with Crippen LogP contribution >= 0.6 is 11.3 Å². The van der Waals surface area contributed by atoms with E-state index in [9.17, 15) is 19.5 Å². The zero-order valence-corrected chi connectivity index (χ0v) is 16.7. The zero-order chi connectivity index (χ0) is 19.6. The zero-order valence-electron chi connectivity index (χ0n) is 15.9. The lowest BCUT2D eigenvalue weighted by molar-refractivity contribution is -0.147. The van der Waals surface area contributed by atoms with Gasteiger partial charge in [0.05, 0.1) is 5.41 Å². The molecule has 2 aliphatic heterocycles. The van der Waals surface area contributed by atoms with Crippen LogP contribution in [0.15, 0.2) is 11.4 Å². The van der Waals surface area contributed by atoms with Crippen LogP contribution in [-0.2, 0) is 22.6 Å². The minimum absolute atomic E-state index is 0.0535. The van der Waals surface area contributed by atoms with Crippen LogP contribution in [-0.4, -0.2) is 58.5 Å². The Bertz CT molecular complexity index is 734. The highest BCUT2D eigenvalue weighted by molar-refractivity contribution is 7.10. The molecule has 1 saturated heterocycles. The fourth-order valence-corrected chi connectivity index (χ4v) is 4.64. The Morgan fingerprint density at radius 1 is 1.33 bits per heavy atom. The van der Waals surface area contributed by atoms with E-state index in [1.165, 1.54) is 15.3 Å². The van der Waals surface area contributed by atoms with Gasteiger partial charge in [-0.3, -0.25) is 9.59 Å². The molecule has 3 heterocycles. The summed E-state index contributed by atoms with van der Waals surface area (Å²) in [6, 6.07) is 1.14. The monoisotopic (exact) mass is 393 g/mol. The number of rotatable bonds is 5. The maximum atomic E-state index is 13.0. The first-order valence-electron chi connectivity index (χ1n) is 9.47. The molecule has 0 saturated carbocycles. The lowest BCUT2D eigenvalue weighted by Gasteiger charge is -2.31. The van der Waals surface area contributed by atoms with E-state index in [1.54, 1.807) is 18.3 Å². The average Bonchev–Trinajstić information content (AvgIpc) is 3.27. The molecule has 27 heavy (non-hydrogen) atoms. The highest BCUT2D eigenvalue weighted by atomic mass is 32.1. The number of likely N-dealkylation sites (tertiary alicyclic amines) is 1. The van der Waals surface area contributed by atoms with Gasteiger partial charge >= 0.3 is 12.0 Å². The Labute approximate surface area is 163 Å². The van der Waals surface area contributed by atoms with Crippen molar-refractivity contribution in [3.63, 3.8) is 0 Å². The van der Waals surface area contributed by atoms with Crippen LogP contribution in [0.2, 0.25) is 0 Å². The van der Waals surface area contributed by atoms with Crippen molar-refractivity contribution in [2.45, 2.75) is 52.1 Å². The fraction of sp³-hybridized carbons (Fsp3) is 0.632. The molecule has 2 N–H and O–H groups in total. The van der Waals surface area contributed by atoms with E-state index < -0.39 is 17.4 Å². The summed E-state index contributed by atoms with van der Waals surface area (Å²) < 4.78 is 0. The molecule has 2 atom stereocenters. The number of aliphatic carboxylic acids is 1. The van der Waals surface area contributed by atoms with Crippen LogP contribution in [0.3, 0.4) is 0 Å². The van der Waals surface area contributed by atoms with Crippen LogP contribution < -0.4 is 5.32 Å². The number of carboxylic acid groups (broad SMARTS) is 1. The van der Waals surface area contributed by atoms with E-state index in [0.717, 1.165) is 12.8 Å². The van der Waals surface area contributed by atoms with E-state index in [-0.39, 0.29) is 18.5 Å². The lowest BCUT2D eigenvalue weighted by atomic mass is 9.90. The maximum absolute atomic E-state index is 13.0. The molecule has 0 bridgehead atoms.